The van der Waals surface area contributed by atoms with Crippen LogP contribution in [0, 0.1) is 13.8 Å². The smallest absolute Gasteiger partial charge is 0.341 e. The summed E-state index contributed by atoms with van der Waals surface area (Å²) < 4.78 is 4.71. The fraction of sp³-hybridized carbons (Fsp3) is 0.190. The van der Waals surface area contributed by atoms with Crippen LogP contribution in [0.3, 0.4) is 0 Å². The fourth-order valence-electron chi connectivity index (χ4n) is 2.90. The molecule has 144 valence electrons. The number of nitrogens with zero attached hydrogens (tertiary/aromatic N) is 2. The SMILES string of the molecule is COC(=O)c1cccc(Nc2nc(C)nc(C)c2Cc2ccc(Cl)cc2)c1O. The number of benzene rings is 2. The van der Waals surface area contributed by atoms with Crippen LogP contribution in [0.4, 0.5) is 11.5 Å². The molecular weight excluding hydrogens is 378 g/mol. The number of anilines is 2. The Morgan fingerprint density at radius 1 is 1.14 bits per heavy atom. The number of hydrogen-bond donors (Lipinski definition) is 2. The lowest BCUT2D eigenvalue weighted by Crippen LogP contribution is -2.08. The van der Waals surface area contributed by atoms with Crippen molar-refractivity contribution in [2.24, 2.45) is 0 Å². The Bertz CT molecular complexity index is 1020. The van der Waals surface area contributed by atoms with Crippen molar-refractivity contribution in [1.29, 1.82) is 0 Å². The first-order valence-electron chi connectivity index (χ1n) is 8.65. The minimum Gasteiger partial charge on any atom is -0.505 e. The van der Waals surface area contributed by atoms with Crippen molar-refractivity contribution in [3.63, 3.8) is 0 Å². The number of aryl methyl sites for hydroxylation is 2. The summed E-state index contributed by atoms with van der Waals surface area (Å²) >= 11 is 5.97. The molecule has 0 aliphatic carbocycles. The molecule has 0 aliphatic heterocycles. The molecule has 2 N–H and O–H groups in total. The number of methoxy groups -OCH3 is 1. The van der Waals surface area contributed by atoms with E-state index in [1.807, 2.05) is 31.2 Å². The molecule has 0 unspecified atom stereocenters. The van der Waals surface area contributed by atoms with Gasteiger partial charge in [0, 0.05) is 22.7 Å². The number of nitrogens with one attached hydrogen (secondary N) is 1. The number of rotatable bonds is 5. The maximum atomic E-state index is 11.8. The van der Waals surface area contributed by atoms with Gasteiger partial charge < -0.3 is 15.2 Å². The largest absolute Gasteiger partial charge is 0.505 e. The molecule has 2 aromatic carbocycles. The van der Waals surface area contributed by atoms with Gasteiger partial charge in [0.05, 0.1) is 12.8 Å². The molecule has 0 atom stereocenters. The van der Waals surface area contributed by atoms with Gasteiger partial charge in [-0.15, -0.1) is 0 Å². The number of aromatic nitrogens is 2. The first-order valence-corrected chi connectivity index (χ1v) is 9.02. The van der Waals surface area contributed by atoms with Gasteiger partial charge in [-0.1, -0.05) is 29.8 Å². The molecule has 1 heterocycles. The summed E-state index contributed by atoms with van der Waals surface area (Å²) in [4.78, 5) is 20.8. The van der Waals surface area contributed by atoms with E-state index in [9.17, 15) is 9.90 Å². The summed E-state index contributed by atoms with van der Waals surface area (Å²) in [5.41, 5.74) is 3.20. The van der Waals surface area contributed by atoms with Crippen LogP contribution in [0.5, 0.6) is 5.75 Å². The van der Waals surface area contributed by atoms with Crippen molar-refractivity contribution in [3.8, 4) is 5.75 Å². The molecule has 28 heavy (non-hydrogen) atoms. The van der Waals surface area contributed by atoms with Gasteiger partial charge in [0.1, 0.15) is 17.2 Å². The minimum absolute atomic E-state index is 0.0780. The van der Waals surface area contributed by atoms with Crippen LogP contribution in [0.15, 0.2) is 42.5 Å². The molecule has 1 aromatic heterocycles. The molecule has 0 aliphatic rings. The van der Waals surface area contributed by atoms with Crippen LogP contribution in [0.25, 0.3) is 0 Å². The van der Waals surface area contributed by atoms with Gasteiger partial charge in [-0.25, -0.2) is 14.8 Å². The zero-order valence-electron chi connectivity index (χ0n) is 15.8. The normalized spacial score (nSPS) is 10.6. The van der Waals surface area contributed by atoms with Crippen LogP contribution in [-0.2, 0) is 11.2 Å². The average Bonchev–Trinajstić information content (AvgIpc) is 2.67. The lowest BCUT2D eigenvalue weighted by molar-refractivity contribution is 0.0597. The summed E-state index contributed by atoms with van der Waals surface area (Å²) in [7, 11) is 1.27. The van der Waals surface area contributed by atoms with Crippen LogP contribution in [0.2, 0.25) is 5.02 Å². The van der Waals surface area contributed by atoms with Gasteiger partial charge in [0.25, 0.3) is 0 Å². The van der Waals surface area contributed by atoms with Gasteiger partial charge in [-0.3, -0.25) is 0 Å². The molecule has 0 bridgehead atoms. The lowest BCUT2D eigenvalue weighted by Gasteiger charge is -2.16. The van der Waals surface area contributed by atoms with E-state index in [4.69, 9.17) is 16.3 Å². The van der Waals surface area contributed by atoms with E-state index in [0.717, 1.165) is 16.8 Å². The monoisotopic (exact) mass is 397 g/mol. The Morgan fingerprint density at radius 2 is 1.86 bits per heavy atom. The Kier molecular flexibility index (Phi) is 5.80. The molecule has 0 spiro atoms. The Hall–Kier alpha value is -3.12. The summed E-state index contributed by atoms with van der Waals surface area (Å²) in [6.07, 6.45) is 0.586. The topological polar surface area (TPSA) is 84.3 Å². The number of hydrogen-bond acceptors (Lipinski definition) is 6. The highest BCUT2D eigenvalue weighted by Gasteiger charge is 2.17. The van der Waals surface area contributed by atoms with Crippen molar-refractivity contribution in [2.75, 3.05) is 12.4 Å². The summed E-state index contributed by atoms with van der Waals surface area (Å²) in [5, 5.41) is 14.3. The number of aromatic hydroxyl groups is 1. The number of para-hydroxylation sites is 1. The molecule has 7 heteroatoms. The summed E-state index contributed by atoms with van der Waals surface area (Å²) in [5.74, 6) is 0.360. The highest BCUT2D eigenvalue weighted by Crippen LogP contribution is 2.32. The quantitative estimate of drug-likeness (QED) is 0.484. The van der Waals surface area contributed by atoms with E-state index in [2.05, 4.69) is 15.3 Å². The maximum Gasteiger partial charge on any atom is 0.341 e. The first-order chi connectivity index (χ1) is 13.4. The lowest BCUT2D eigenvalue weighted by atomic mass is 10.0. The van der Waals surface area contributed by atoms with E-state index >= 15 is 0 Å². The van der Waals surface area contributed by atoms with Gasteiger partial charge >= 0.3 is 5.97 Å². The van der Waals surface area contributed by atoms with Crippen molar-refractivity contribution in [3.05, 3.63) is 75.7 Å². The standard InChI is InChI=1S/C21H20ClN3O3/c1-12-17(11-14-7-9-15(22)10-8-14)20(24-13(2)23-12)25-18-6-4-5-16(19(18)26)21(27)28-3/h4-10,26H,11H2,1-3H3,(H,23,24,25). The zero-order valence-corrected chi connectivity index (χ0v) is 16.5. The fourth-order valence-corrected chi connectivity index (χ4v) is 3.03. The predicted octanol–water partition coefficient (Wildman–Crippen LogP) is 4.57. The van der Waals surface area contributed by atoms with Crippen LogP contribution >= 0.6 is 11.6 Å². The van der Waals surface area contributed by atoms with Gasteiger partial charge in [-0.2, -0.15) is 0 Å². The number of carbonyl (C=O) groups is 1. The number of esters is 1. The molecular formula is C21H20ClN3O3. The molecule has 3 aromatic rings. The van der Waals surface area contributed by atoms with Crippen molar-refractivity contribution >= 4 is 29.1 Å². The van der Waals surface area contributed by atoms with Crippen molar-refractivity contribution < 1.29 is 14.6 Å². The minimum atomic E-state index is -0.613. The number of phenols is 1. The Morgan fingerprint density at radius 3 is 2.54 bits per heavy atom. The molecule has 0 amide bonds. The van der Waals surface area contributed by atoms with Gasteiger partial charge in [0.15, 0.2) is 5.75 Å². The number of halogens is 1. The third kappa shape index (κ3) is 4.23. The summed E-state index contributed by atoms with van der Waals surface area (Å²) in [6, 6.07) is 12.4. The second-order valence-electron chi connectivity index (χ2n) is 6.30. The van der Waals surface area contributed by atoms with Crippen LogP contribution in [-0.4, -0.2) is 28.2 Å². The average molecular weight is 398 g/mol. The number of phenolic OH excluding ortho intramolecular Hbond substituents is 1. The van der Waals surface area contributed by atoms with E-state index in [-0.39, 0.29) is 11.3 Å². The second-order valence-corrected chi connectivity index (χ2v) is 6.74. The van der Waals surface area contributed by atoms with Gasteiger partial charge in [0.2, 0.25) is 0 Å². The third-order valence-corrected chi connectivity index (χ3v) is 4.57. The highest BCUT2D eigenvalue weighted by molar-refractivity contribution is 6.30. The molecule has 0 saturated heterocycles. The first kappa shape index (κ1) is 19.6. The van der Waals surface area contributed by atoms with E-state index < -0.39 is 5.97 Å². The van der Waals surface area contributed by atoms with Crippen LogP contribution < -0.4 is 5.32 Å². The van der Waals surface area contributed by atoms with Crippen molar-refractivity contribution in [2.45, 2.75) is 20.3 Å². The van der Waals surface area contributed by atoms with E-state index in [1.165, 1.54) is 13.2 Å². The zero-order chi connectivity index (χ0) is 20.3. The van der Waals surface area contributed by atoms with Crippen molar-refractivity contribution in [1.82, 2.24) is 9.97 Å². The molecule has 0 radical (unpaired) electrons. The number of ether oxygens (including phenoxy) is 1. The van der Waals surface area contributed by atoms with Crippen LogP contribution in [0.1, 0.15) is 33.0 Å². The Labute approximate surface area is 168 Å². The predicted molar refractivity (Wildman–Crippen MR) is 108 cm³/mol. The molecule has 0 fully saturated rings. The van der Waals surface area contributed by atoms with E-state index in [1.54, 1.807) is 19.1 Å². The van der Waals surface area contributed by atoms with E-state index in [0.29, 0.717) is 28.8 Å². The Balaban J connectivity index is 2.00. The highest BCUT2D eigenvalue weighted by atomic mass is 35.5. The summed E-state index contributed by atoms with van der Waals surface area (Å²) in [6.45, 7) is 3.71. The third-order valence-electron chi connectivity index (χ3n) is 4.31. The molecule has 3 rings (SSSR count). The molecule has 0 saturated carbocycles. The second kappa shape index (κ2) is 8.27. The number of carbonyl (C=O) groups excluding carboxylic acids is 1. The molecule has 6 nitrogen and oxygen atoms in total. The maximum absolute atomic E-state index is 11.8. The van der Waals surface area contributed by atoms with Gasteiger partial charge in [-0.05, 0) is 43.7 Å².